The fourth-order valence-electron chi connectivity index (χ4n) is 4.17. The van der Waals surface area contributed by atoms with Gasteiger partial charge in [-0.05, 0) is 48.9 Å². The summed E-state index contributed by atoms with van der Waals surface area (Å²) in [5.74, 6) is 9.52. The zero-order chi connectivity index (χ0) is 24.9. The maximum atomic E-state index is 11.6. The molecule has 180 valence electrons. The Balaban J connectivity index is 1.38. The van der Waals surface area contributed by atoms with Gasteiger partial charge in [0.1, 0.15) is 17.9 Å². The molecule has 7 nitrogen and oxygen atoms in total. The van der Waals surface area contributed by atoms with E-state index in [1.54, 1.807) is 14.0 Å². The minimum absolute atomic E-state index is 0.106. The molecule has 3 aromatic carbocycles. The van der Waals surface area contributed by atoms with E-state index in [1.807, 2.05) is 71.6 Å². The Morgan fingerprint density at radius 1 is 1.06 bits per heavy atom. The van der Waals surface area contributed by atoms with Crippen molar-refractivity contribution in [3.63, 3.8) is 0 Å². The first-order chi connectivity index (χ1) is 17.6. The lowest BCUT2D eigenvalue weighted by molar-refractivity contribution is -0.127. The molecule has 7 heteroatoms. The third-order valence-corrected chi connectivity index (χ3v) is 6.09. The summed E-state index contributed by atoms with van der Waals surface area (Å²) in [5.41, 5.74) is 2.50. The summed E-state index contributed by atoms with van der Waals surface area (Å²) in [6, 6.07) is 21.1. The van der Waals surface area contributed by atoms with Gasteiger partial charge >= 0.3 is 0 Å². The van der Waals surface area contributed by atoms with Crippen molar-refractivity contribution in [3.05, 3.63) is 78.6 Å². The average Bonchev–Trinajstić information content (AvgIpc) is 3.39. The number of hydrogen-bond donors (Lipinski definition) is 1. The number of nitrogens with one attached hydrogen (secondary N) is 1. The Bertz CT molecular complexity index is 1460. The van der Waals surface area contributed by atoms with Gasteiger partial charge in [0.25, 0.3) is 0 Å². The molecule has 1 atom stereocenters. The summed E-state index contributed by atoms with van der Waals surface area (Å²) in [7, 11) is 1.61. The quantitative estimate of drug-likeness (QED) is 0.388. The van der Waals surface area contributed by atoms with E-state index in [0.717, 1.165) is 40.9 Å². The molecule has 1 unspecified atom stereocenters. The maximum absolute atomic E-state index is 11.6. The van der Waals surface area contributed by atoms with E-state index < -0.39 is 0 Å². The highest BCUT2D eigenvalue weighted by molar-refractivity contribution is 5.91. The van der Waals surface area contributed by atoms with Crippen LogP contribution in [0.25, 0.3) is 10.9 Å². The molecular weight excluding hydrogens is 452 g/mol. The van der Waals surface area contributed by atoms with Crippen molar-refractivity contribution in [2.24, 2.45) is 5.92 Å². The van der Waals surface area contributed by atoms with Crippen molar-refractivity contribution in [1.82, 2.24) is 14.9 Å². The van der Waals surface area contributed by atoms with Gasteiger partial charge in [-0.25, -0.2) is 9.97 Å². The number of likely N-dealkylation sites (tertiary alicyclic amines) is 1. The molecule has 0 bridgehead atoms. The van der Waals surface area contributed by atoms with E-state index in [1.165, 1.54) is 6.33 Å². The van der Waals surface area contributed by atoms with Gasteiger partial charge < -0.3 is 19.7 Å². The lowest BCUT2D eigenvalue weighted by Gasteiger charge is -2.13. The van der Waals surface area contributed by atoms with Crippen LogP contribution in [0.2, 0.25) is 0 Å². The summed E-state index contributed by atoms with van der Waals surface area (Å²) in [5, 5.41) is 4.24. The first-order valence-electron chi connectivity index (χ1n) is 11.8. The number of ether oxygens (including phenoxy) is 2. The van der Waals surface area contributed by atoms with E-state index in [-0.39, 0.29) is 11.8 Å². The first-order valence-corrected chi connectivity index (χ1v) is 11.8. The molecule has 36 heavy (non-hydrogen) atoms. The van der Waals surface area contributed by atoms with Crippen LogP contribution < -0.4 is 14.8 Å². The van der Waals surface area contributed by atoms with Crippen LogP contribution in [0.3, 0.4) is 0 Å². The first kappa shape index (κ1) is 23.2. The standard InChI is InChI=1S/C29H26N4O3/c1-20(34)33-15-14-22(18-33)9-8-21-10-12-26-25(16-21)29(31-19-30-26)32-23-11-13-27(28(17-23)35-2)36-24-6-4-3-5-7-24/h3-7,10-13,16-17,19,22H,14-15,18H2,1-2H3,(H,30,31,32). The second kappa shape index (κ2) is 10.4. The molecule has 1 aromatic heterocycles. The SMILES string of the molecule is COc1cc(Nc2ncnc3ccc(C#CC4CCN(C(C)=O)C4)cc23)ccc1Oc1ccccc1. The summed E-state index contributed by atoms with van der Waals surface area (Å²) in [4.78, 5) is 22.3. The minimum atomic E-state index is 0.106. The Labute approximate surface area is 210 Å². The number of anilines is 2. The molecule has 2 heterocycles. The summed E-state index contributed by atoms with van der Waals surface area (Å²) in [6.07, 6.45) is 2.44. The van der Waals surface area contributed by atoms with Crippen LogP contribution in [0.15, 0.2) is 73.1 Å². The largest absolute Gasteiger partial charge is 0.493 e. The van der Waals surface area contributed by atoms with Gasteiger partial charge in [0, 0.05) is 48.6 Å². The molecule has 1 N–H and O–H groups in total. The van der Waals surface area contributed by atoms with Crippen LogP contribution in [0, 0.1) is 17.8 Å². The smallest absolute Gasteiger partial charge is 0.219 e. The highest BCUT2D eigenvalue weighted by Gasteiger charge is 2.22. The van der Waals surface area contributed by atoms with E-state index >= 15 is 0 Å². The average molecular weight is 479 g/mol. The topological polar surface area (TPSA) is 76.6 Å². The van der Waals surface area contributed by atoms with E-state index in [9.17, 15) is 4.79 Å². The Morgan fingerprint density at radius 2 is 1.92 bits per heavy atom. The molecular formula is C29H26N4O3. The lowest BCUT2D eigenvalue weighted by atomic mass is 10.1. The molecule has 0 spiro atoms. The normalized spacial score (nSPS) is 14.7. The molecule has 0 aliphatic carbocycles. The minimum Gasteiger partial charge on any atom is -0.493 e. The van der Waals surface area contributed by atoms with Gasteiger partial charge in [-0.2, -0.15) is 0 Å². The molecule has 1 saturated heterocycles. The second-order valence-corrected chi connectivity index (χ2v) is 8.58. The van der Waals surface area contributed by atoms with Gasteiger partial charge in [-0.15, -0.1) is 0 Å². The maximum Gasteiger partial charge on any atom is 0.219 e. The van der Waals surface area contributed by atoms with E-state index in [4.69, 9.17) is 9.47 Å². The third kappa shape index (κ3) is 5.23. The highest BCUT2D eigenvalue weighted by Crippen LogP contribution is 2.35. The lowest BCUT2D eigenvalue weighted by Crippen LogP contribution is -2.25. The number of aromatic nitrogens is 2. The highest BCUT2D eigenvalue weighted by atomic mass is 16.5. The molecule has 0 radical (unpaired) electrons. The van der Waals surface area contributed by atoms with E-state index in [2.05, 4.69) is 27.1 Å². The summed E-state index contributed by atoms with van der Waals surface area (Å²) >= 11 is 0. The molecule has 5 rings (SSSR count). The molecule has 1 aliphatic rings. The Kier molecular flexibility index (Phi) is 6.67. The number of hydrogen-bond acceptors (Lipinski definition) is 6. The number of fused-ring (bicyclic) bond motifs is 1. The predicted molar refractivity (Wildman–Crippen MR) is 140 cm³/mol. The molecule has 1 amide bonds. The van der Waals surface area contributed by atoms with Crippen molar-refractivity contribution >= 4 is 28.3 Å². The van der Waals surface area contributed by atoms with Gasteiger partial charge in [0.2, 0.25) is 5.91 Å². The number of amides is 1. The van der Waals surface area contributed by atoms with Gasteiger partial charge in [-0.1, -0.05) is 30.0 Å². The number of carbonyl (C=O) groups is 1. The van der Waals surface area contributed by atoms with Crippen molar-refractivity contribution in [3.8, 4) is 29.1 Å². The Hall–Kier alpha value is -4.57. The van der Waals surface area contributed by atoms with Crippen molar-refractivity contribution < 1.29 is 14.3 Å². The summed E-state index contributed by atoms with van der Waals surface area (Å²) in [6.45, 7) is 3.07. The zero-order valence-corrected chi connectivity index (χ0v) is 20.2. The fraction of sp³-hybridized carbons (Fsp3) is 0.207. The number of benzene rings is 3. The van der Waals surface area contributed by atoms with E-state index in [0.29, 0.717) is 23.9 Å². The van der Waals surface area contributed by atoms with Crippen LogP contribution in [0.4, 0.5) is 11.5 Å². The Morgan fingerprint density at radius 3 is 2.69 bits per heavy atom. The van der Waals surface area contributed by atoms with Crippen molar-refractivity contribution in [2.45, 2.75) is 13.3 Å². The predicted octanol–water partition coefficient (Wildman–Crippen LogP) is 5.39. The molecule has 0 saturated carbocycles. The van der Waals surface area contributed by atoms with Crippen LogP contribution in [-0.2, 0) is 4.79 Å². The van der Waals surface area contributed by atoms with Crippen molar-refractivity contribution in [2.75, 3.05) is 25.5 Å². The second-order valence-electron chi connectivity index (χ2n) is 8.58. The third-order valence-electron chi connectivity index (χ3n) is 6.09. The molecule has 1 aliphatic heterocycles. The number of rotatable bonds is 5. The van der Waals surface area contributed by atoms with Crippen LogP contribution >= 0.6 is 0 Å². The monoisotopic (exact) mass is 478 g/mol. The van der Waals surface area contributed by atoms with Crippen LogP contribution in [0.5, 0.6) is 17.2 Å². The molecule has 1 fully saturated rings. The summed E-state index contributed by atoms with van der Waals surface area (Å²) < 4.78 is 11.5. The zero-order valence-electron chi connectivity index (χ0n) is 20.2. The molecule has 4 aromatic rings. The number of methoxy groups -OCH3 is 1. The van der Waals surface area contributed by atoms with Crippen LogP contribution in [-0.4, -0.2) is 41.0 Å². The number of carbonyl (C=O) groups excluding carboxylic acids is 1. The fourth-order valence-corrected chi connectivity index (χ4v) is 4.17. The van der Waals surface area contributed by atoms with Gasteiger partial charge in [-0.3, -0.25) is 4.79 Å². The van der Waals surface area contributed by atoms with Crippen LogP contribution in [0.1, 0.15) is 18.9 Å². The number of nitrogens with zero attached hydrogens (tertiary/aromatic N) is 3. The number of para-hydroxylation sites is 1. The van der Waals surface area contributed by atoms with Crippen molar-refractivity contribution in [1.29, 1.82) is 0 Å². The van der Waals surface area contributed by atoms with Gasteiger partial charge in [0.15, 0.2) is 11.5 Å². The van der Waals surface area contributed by atoms with Gasteiger partial charge in [0.05, 0.1) is 12.6 Å².